The number of carboxylic acid groups (broad SMARTS) is 1. The Morgan fingerprint density at radius 1 is 1.59 bits per heavy atom. The Hall–Kier alpha value is -2.11. The second kappa shape index (κ2) is 4.40. The van der Waals surface area contributed by atoms with Gasteiger partial charge in [-0.3, -0.25) is 4.79 Å². The van der Waals surface area contributed by atoms with E-state index in [9.17, 15) is 9.18 Å². The van der Waals surface area contributed by atoms with Gasteiger partial charge >= 0.3 is 5.97 Å². The van der Waals surface area contributed by atoms with Crippen LogP contribution in [0.25, 0.3) is 11.1 Å². The molecule has 0 atom stereocenters. The Bertz CT molecular complexity index is 553. The molecule has 0 bridgehead atoms. The van der Waals surface area contributed by atoms with Gasteiger partial charge in [-0.2, -0.15) is 4.98 Å². The average Bonchev–Trinajstić information content (AvgIpc) is 2.68. The van der Waals surface area contributed by atoms with Crippen LogP contribution in [0.2, 0.25) is 0 Å². The number of rotatable bonds is 4. The topological polar surface area (TPSA) is 66.6 Å². The monoisotopic (exact) mass is 238 g/mol. The Labute approximate surface area is 96.5 Å². The third kappa shape index (κ3) is 2.52. The van der Waals surface area contributed by atoms with Crippen LogP contribution in [-0.4, -0.2) is 29.7 Å². The molecule has 1 aromatic heterocycles. The largest absolute Gasteiger partial charge is 0.481 e. The Morgan fingerprint density at radius 2 is 2.35 bits per heavy atom. The van der Waals surface area contributed by atoms with Gasteiger partial charge in [0.2, 0.25) is 0 Å². The Balaban J connectivity index is 2.21. The molecule has 2 aromatic rings. The molecule has 1 heterocycles. The average molecular weight is 238 g/mol. The van der Waals surface area contributed by atoms with Crippen LogP contribution in [0.15, 0.2) is 22.6 Å². The van der Waals surface area contributed by atoms with Crippen LogP contribution in [-0.2, 0) is 4.79 Å². The van der Waals surface area contributed by atoms with Crippen LogP contribution in [0.1, 0.15) is 6.42 Å². The number of anilines is 1. The maximum Gasteiger partial charge on any atom is 0.305 e. The third-order valence-corrected chi connectivity index (χ3v) is 2.33. The highest BCUT2D eigenvalue weighted by Crippen LogP contribution is 2.21. The second-order valence-electron chi connectivity index (χ2n) is 3.67. The predicted octanol–water partition coefficient (Wildman–Crippen LogP) is 1.88. The van der Waals surface area contributed by atoms with Gasteiger partial charge in [-0.15, -0.1) is 0 Å². The third-order valence-electron chi connectivity index (χ3n) is 2.33. The van der Waals surface area contributed by atoms with E-state index < -0.39 is 5.97 Å². The number of nitrogens with zero attached hydrogens (tertiary/aromatic N) is 2. The Kier molecular flexibility index (Phi) is 2.95. The lowest BCUT2D eigenvalue weighted by Crippen LogP contribution is -2.21. The number of hydrogen-bond donors (Lipinski definition) is 1. The maximum atomic E-state index is 12.9. The van der Waals surface area contributed by atoms with E-state index in [1.807, 2.05) is 0 Å². The number of benzene rings is 1. The number of oxazole rings is 1. The molecular formula is C11H11FN2O3. The van der Waals surface area contributed by atoms with Crippen molar-refractivity contribution in [1.82, 2.24) is 4.98 Å². The molecule has 17 heavy (non-hydrogen) atoms. The highest BCUT2D eigenvalue weighted by atomic mass is 19.1. The standard InChI is InChI=1S/C11H11FN2O3/c1-14(5-4-10(15)16)11-13-8-6-7(12)2-3-9(8)17-11/h2-3,6H,4-5H2,1H3,(H,15,16). The van der Waals surface area contributed by atoms with Gasteiger partial charge in [0.25, 0.3) is 6.01 Å². The van der Waals surface area contributed by atoms with Gasteiger partial charge in [0.15, 0.2) is 5.58 Å². The normalized spacial score (nSPS) is 10.7. The maximum absolute atomic E-state index is 12.9. The number of aliphatic carboxylic acids is 1. The molecule has 1 N–H and O–H groups in total. The summed E-state index contributed by atoms with van der Waals surface area (Å²) >= 11 is 0. The first-order valence-corrected chi connectivity index (χ1v) is 5.05. The fourth-order valence-corrected chi connectivity index (χ4v) is 1.41. The van der Waals surface area contributed by atoms with Gasteiger partial charge in [0, 0.05) is 19.7 Å². The summed E-state index contributed by atoms with van der Waals surface area (Å²) in [6.45, 7) is 0.282. The second-order valence-corrected chi connectivity index (χ2v) is 3.67. The summed E-state index contributed by atoms with van der Waals surface area (Å²) in [5, 5.41) is 8.56. The van der Waals surface area contributed by atoms with E-state index in [0.717, 1.165) is 0 Å². The minimum atomic E-state index is -0.890. The highest BCUT2D eigenvalue weighted by molar-refractivity contribution is 5.74. The summed E-state index contributed by atoms with van der Waals surface area (Å²) in [6.07, 6.45) is -0.0103. The first kappa shape index (κ1) is 11.4. The van der Waals surface area contributed by atoms with Gasteiger partial charge in [-0.25, -0.2) is 4.39 Å². The van der Waals surface area contributed by atoms with Crippen LogP contribution >= 0.6 is 0 Å². The molecule has 1 aromatic carbocycles. The van der Waals surface area contributed by atoms with Crippen LogP contribution < -0.4 is 4.90 Å². The van der Waals surface area contributed by atoms with Crippen molar-refractivity contribution in [2.75, 3.05) is 18.5 Å². The van der Waals surface area contributed by atoms with Crippen LogP contribution in [0.5, 0.6) is 0 Å². The fraction of sp³-hybridized carbons (Fsp3) is 0.273. The van der Waals surface area contributed by atoms with Crippen molar-refractivity contribution >= 4 is 23.1 Å². The summed E-state index contributed by atoms with van der Waals surface area (Å²) in [7, 11) is 1.67. The van der Waals surface area contributed by atoms with Gasteiger partial charge in [-0.1, -0.05) is 0 Å². The van der Waals surface area contributed by atoms with Crippen LogP contribution in [0.3, 0.4) is 0 Å². The quantitative estimate of drug-likeness (QED) is 0.880. The molecule has 0 radical (unpaired) electrons. The summed E-state index contributed by atoms with van der Waals surface area (Å²) in [5.74, 6) is -1.27. The van der Waals surface area contributed by atoms with E-state index >= 15 is 0 Å². The molecule has 0 saturated heterocycles. The zero-order valence-electron chi connectivity index (χ0n) is 9.18. The first-order valence-electron chi connectivity index (χ1n) is 5.05. The molecule has 2 rings (SSSR count). The van der Waals surface area contributed by atoms with E-state index in [2.05, 4.69) is 4.98 Å². The molecule has 0 aliphatic rings. The number of halogens is 1. The summed E-state index contributed by atoms with van der Waals surface area (Å²) < 4.78 is 18.3. The van der Waals surface area contributed by atoms with Crippen LogP contribution in [0.4, 0.5) is 10.4 Å². The minimum absolute atomic E-state index is 0.0103. The van der Waals surface area contributed by atoms with Crippen LogP contribution in [0, 0.1) is 5.82 Å². The van der Waals surface area contributed by atoms with Crippen molar-refractivity contribution in [1.29, 1.82) is 0 Å². The molecule has 0 spiro atoms. The van der Waals surface area contributed by atoms with E-state index in [4.69, 9.17) is 9.52 Å². The molecule has 0 amide bonds. The van der Waals surface area contributed by atoms with Crippen molar-refractivity contribution in [2.45, 2.75) is 6.42 Å². The molecule has 0 saturated carbocycles. The summed E-state index contributed by atoms with van der Waals surface area (Å²) in [4.78, 5) is 16.1. The van der Waals surface area contributed by atoms with Gasteiger partial charge in [0.1, 0.15) is 11.3 Å². The molecule has 0 unspecified atom stereocenters. The zero-order valence-corrected chi connectivity index (χ0v) is 9.18. The lowest BCUT2D eigenvalue weighted by Gasteiger charge is -2.11. The van der Waals surface area contributed by atoms with Crippen molar-refractivity contribution in [2.24, 2.45) is 0 Å². The smallest absolute Gasteiger partial charge is 0.305 e. The van der Waals surface area contributed by atoms with E-state index in [1.165, 1.54) is 18.2 Å². The van der Waals surface area contributed by atoms with E-state index in [-0.39, 0.29) is 24.8 Å². The first-order chi connectivity index (χ1) is 8.06. The fourth-order valence-electron chi connectivity index (χ4n) is 1.41. The highest BCUT2D eigenvalue weighted by Gasteiger charge is 2.11. The van der Waals surface area contributed by atoms with Gasteiger partial charge in [-0.05, 0) is 12.1 Å². The van der Waals surface area contributed by atoms with Crippen molar-refractivity contribution in [3.05, 3.63) is 24.0 Å². The molecule has 6 heteroatoms. The SMILES string of the molecule is CN(CCC(=O)O)c1nc2cc(F)ccc2o1. The van der Waals surface area contributed by atoms with Gasteiger partial charge < -0.3 is 14.4 Å². The number of hydrogen-bond acceptors (Lipinski definition) is 4. The van der Waals surface area contributed by atoms with Crippen molar-refractivity contribution in [3.8, 4) is 0 Å². The number of aromatic nitrogens is 1. The number of carboxylic acids is 1. The van der Waals surface area contributed by atoms with Gasteiger partial charge in [0.05, 0.1) is 6.42 Å². The molecule has 0 fully saturated rings. The van der Waals surface area contributed by atoms with E-state index in [0.29, 0.717) is 11.1 Å². The van der Waals surface area contributed by atoms with Crippen molar-refractivity contribution < 1.29 is 18.7 Å². The molecule has 0 aliphatic carbocycles. The zero-order chi connectivity index (χ0) is 12.4. The van der Waals surface area contributed by atoms with E-state index in [1.54, 1.807) is 11.9 Å². The summed E-state index contributed by atoms with van der Waals surface area (Å²) in [6, 6.07) is 4.33. The lowest BCUT2D eigenvalue weighted by molar-refractivity contribution is -0.136. The van der Waals surface area contributed by atoms with Crippen molar-refractivity contribution in [3.63, 3.8) is 0 Å². The number of carbonyl (C=O) groups is 1. The predicted molar refractivity (Wildman–Crippen MR) is 59.5 cm³/mol. The molecule has 0 aliphatic heterocycles. The number of fused-ring (bicyclic) bond motifs is 1. The molecular weight excluding hydrogens is 227 g/mol. The molecule has 5 nitrogen and oxygen atoms in total. The minimum Gasteiger partial charge on any atom is -0.481 e. The Morgan fingerprint density at radius 3 is 3.06 bits per heavy atom. The summed E-state index contributed by atoms with van der Waals surface area (Å²) in [5.41, 5.74) is 0.894. The molecule has 90 valence electrons. The lowest BCUT2D eigenvalue weighted by atomic mass is 10.3.